The Bertz CT molecular complexity index is 481. The van der Waals surface area contributed by atoms with E-state index < -0.39 is 0 Å². The van der Waals surface area contributed by atoms with Crippen LogP contribution in [0.15, 0.2) is 12.4 Å². The van der Waals surface area contributed by atoms with Crippen LogP contribution in [-0.4, -0.2) is 45.6 Å². The van der Waals surface area contributed by atoms with Crippen LogP contribution in [0.5, 0.6) is 0 Å². The Morgan fingerprint density at radius 3 is 2.79 bits per heavy atom. The molecule has 1 unspecified atom stereocenters. The summed E-state index contributed by atoms with van der Waals surface area (Å²) in [6, 6.07) is -0.363. The minimum Gasteiger partial charge on any atom is -0.345 e. The third kappa shape index (κ3) is 2.94. The van der Waals surface area contributed by atoms with Gasteiger partial charge < -0.3 is 10.2 Å². The van der Waals surface area contributed by atoms with Crippen molar-refractivity contribution in [2.45, 2.75) is 26.3 Å². The molecule has 6 nitrogen and oxygen atoms in total. The Labute approximate surface area is 112 Å². The first-order valence-corrected chi connectivity index (χ1v) is 6.53. The third-order valence-electron chi connectivity index (χ3n) is 3.37. The first kappa shape index (κ1) is 13.6. The van der Waals surface area contributed by atoms with E-state index in [1.165, 1.54) is 0 Å². The lowest BCUT2D eigenvalue weighted by Gasteiger charge is -2.37. The summed E-state index contributed by atoms with van der Waals surface area (Å²) < 4.78 is 1.74. The maximum Gasteiger partial charge on any atom is 0.243 e. The number of piperazine rings is 1. The predicted octanol–water partition coefficient (Wildman–Crippen LogP) is -0.0544. The molecule has 1 N–H and O–H groups in total. The van der Waals surface area contributed by atoms with Crippen LogP contribution < -0.4 is 5.32 Å². The van der Waals surface area contributed by atoms with Crippen molar-refractivity contribution in [2.75, 3.05) is 13.1 Å². The highest BCUT2D eigenvalue weighted by Crippen LogP contribution is 2.15. The van der Waals surface area contributed by atoms with Crippen molar-refractivity contribution in [1.82, 2.24) is 20.0 Å². The smallest absolute Gasteiger partial charge is 0.243 e. The van der Waals surface area contributed by atoms with Crippen molar-refractivity contribution < 1.29 is 9.59 Å². The molecule has 0 aromatic carbocycles. The summed E-state index contributed by atoms with van der Waals surface area (Å²) in [6.45, 7) is 4.58. The van der Waals surface area contributed by atoms with Gasteiger partial charge in [0, 0.05) is 19.8 Å². The number of nitrogens with one attached hydrogen (secondary N) is 1. The molecule has 0 aliphatic carbocycles. The Hall–Kier alpha value is -1.85. The SMILES string of the molecule is CC(C)C1C(=O)NCC(=O)N1CCc1cnn(C)c1. The van der Waals surface area contributed by atoms with Gasteiger partial charge in [-0.15, -0.1) is 0 Å². The van der Waals surface area contributed by atoms with Gasteiger partial charge in [0.15, 0.2) is 0 Å². The molecule has 0 spiro atoms. The van der Waals surface area contributed by atoms with E-state index in [1.807, 2.05) is 27.1 Å². The van der Waals surface area contributed by atoms with Crippen molar-refractivity contribution in [2.24, 2.45) is 13.0 Å². The second-order valence-corrected chi connectivity index (χ2v) is 5.27. The highest BCUT2D eigenvalue weighted by Gasteiger charge is 2.35. The molecule has 6 heteroatoms. The average molecular weight is 264 g/mol. The molecule has 0 saturated carbocycles. The van der Waals surface area contributed by atoms with Gasteiger partial charge in [-0.05, 0) is 17.9 Å². The Balaban J connectivity index is 2.06. The van der Waals surface area contributed by atoms with Gasteiger partial charge in [0.25, 0.3) is 0 Å². The van der Waals surface area contributed by atoms with E-state index in [1.54, 1.807) is 15.8 Å². The van der Waals surface area contributed by atoms with E-state index in [2.05, 4.69) is 10.4 Å². The van der Waals surface area contributed by atoms with Gasteiger partial charge in [-0.3, -0.25) is 14.3 Å². The summed E-state index contributed by atoms with van der Waals surface area (Å²) in [4.78, 5) is 25.5. The van der Waals surface area contributed by atoms with Crippen LogP contribution in [-0.2, 0) is 23.1 Å². The van der Waals surface area contributed by atoms with Gasteiger partial charge >= 0.3 is 0 Å². The van der Waals surface area contributed by atoms with Crippen LogP contribution in [0.25, 0.3) is 0 Å². The summed E-state index contributed by atoms with van der Waals surface area (Å²) in [5.41, 5.74) is 1.07. The molecule has 2 amide bonds. The standard InChI is InChI=1S/C13H20N4O2/c1-9(2)12-13(19)14-7-11(18)17(12)5-4-10-6-15-16(3)8-10/h6,8-9,12H,4-5,7H2,1-3H3,(H,14,19). The number of aryl methyl sites for hydroxylation is 1. The molecule has 19 heavy (non-hydrogen) atoms. The van der Waals surface area contributed by atoms with Crippen LogP contribution in [0.1, 0.15) is 19.4 Å². The molecular formula is C13H20N4O2. The number of hydrogen-bond acceptors (Lipinski definition) is 3. The highest BCUT2D eigenvalue weighted by molar-refractivity contribution is 5.94. The summed E-state index contributed by atoms with van der Waals surface area (Å²) in [7, 11) is 1.86. The second kappa shape index (κ2) is 5.42. The molecular weight excluding hydrogens is 244 g/mol. The van der Waals surface area contributed by atoms with E-state index in [9.17, 15) is 9.59 Å². The molecule has 2 heterocycles. The molecule has 1 aliphatic rings. The fraction of sp³-hybridized carbons (Fsp3) is 0.615. The van der Waals surface area contributed by atoms with E-state index >= 15 is 0 Å². The zero-order valence-corrected chi connectivity index (χ0v) is 11.6. The molecule has 1 atom stereocenters. The number of rotatable bonds is 4. The highest BCUT2D eigenvalue weighted by atomic mass is 16.2. The molecule has 2 rings (SSSR count). The lowest BCUT2D eigenvalue weighted by molar-refractivity contribution is -0.147. The second-order valence-electron chi connectivity index (χ2n) is 5.27. The maximum absolute atomic E-state index is 12.0. The number of aromatic nitrogens is 2. The molecule has 0 bridgehead atoms. The largest absolute Gasteiger partial charge is 0.345 e. The van der Waals surface area contributed by atoms with Crippen LogP contribution in [0.2, 0.25) is 0 Å². The molecule has 1 aromatic rings. The average Bonchev–Trinajstić information content (AvgIpc) is 2.75. The monoisotopic (exact) mass is 264 g/mol. The quantitative estimate of drug-likeness (QED) is 0.829. The van der Waals surface area contributed by atoms with Gasteiger partial charge in [0.1, 0.15) is 6.04 Å². The summed E-state index contributed by atoms with van der Waals surface area (Å²) in [5, 5.41) is 6.75. The number of amides is 2. The zero-order valence-electron chi connectivity index (χ0n) is 11.6. The number of carbonyl (C=O) groups is 2. The van der Waals surface area contributed by atoms with Crippen LogP contribution in [0, 0.1) is 5.92 Å². The minimum atomic E-state index is -0.363. The van der Waals surface area contributed by atoms with E-state index in [4.69, 9.17) is 0 Å². The zero-order chi connectivity index (χ0) is 14.0. The van der Waals surface area contributed by atoms with E-state index in [0.29, 0.717) is 6.54 Å². The first-order chi connectivity index (χ1) is 8.99. The Morgan fingerprint density at radius 1 is 1.47 bits per heavy atom. The molecule has 1 saturated heterocycles. The predicted molar refractivity (Wildman–Crippen MR) is 70.3 cm³/mol. The van der Waals surface area contributed by atoms with Gasteiger partial charge in [-0.25, -0.2) is 0 Å². The molecule has 1 fully saturated rings. The first-order valence-electron chi connectivity index (χ1n) is 6.53. The van der Waals surface area contributed by atoms with Gasteiger partial charge in [0.05, 0.1) is 12.7 Å². The fourth-order valence-corrected chi connectivity index (χ4v) is 2.44. The summed E-state index contributed by atoms with van der Waals surface area (Å²) >= 11 is 0. The lowest BCUT2D eigenvalue weighted by Crippen LogP contribution is -2.60. The minimum absolute atomic E-state index is 0.0119. The fourth-order valence-electron chi connectivity index (χ4n) is 2.44. The van der Waals surface area contributed by atoms with Crippen molar-refractivity contribution >= 4 is 11.8 Å². The van der Waals surface area contributed by atoms with E-state index in [0.717, 1.165) is 12.0 Å². The van der Waals surface area contributed by atoms with Crippen molar-refractivity contribution in [3.8, 4) is 0 Å². The van der Waals surface area contributed by atoms with E-state index in [-0.39, 0.29) is 30.3 Å². The van der Waals surface area contributed by atoms with Crippen LogP contribution in [0.3, 0.4) is 0 Å². The van der Waals surface area contributed by atoms with Gasteiger partial charge in [-0.2, -0.15) is 5.10 Å². The lowest BCUT2D eigenvalue weighted by atomic mass is 9.99. The van der Waals surface area contributed by atoms with Crippen LogP contribution >= 0.6 is 0 Å². The maximum atomic E-state index is 12.0. The molecule has 1 aromatic heterocycles. The third-order valence-corrected chi connectivity index (χ3v) is 3.37. The van der Waals surface area contributed by atoms with Crippen molar-refractivity contribution in [3.63, 3.8) is 0 Å². The number of hydrogen-bond donors (Lipinski definition) is 1. The number of nitrogens with zero attached hydrogens (tertiary/aromatic N) is 3. The Kier molecular flexibility index (Phi) is 3.87. The number of carbonyl (C=O) groups excluding carboxylic acids is 2. The summed E-state index contributed by atoms with van der Waals surface area (Å²) in [6.07, 6.45) is 4.44. The molecule has 104 valence electrons. The molecule has 1 aliphatic heterocycles. The normalized spacial score (nSPS) is 20.0. The van der Waals surface area contributed by atoms with Crippen LogP contribution in [0.4, 0.5) is 0 Å². The van der Waals surface area contributed by atoms with Crippen molar-refractivity contribution in [1.29, 1.82) is 0 Å². The van der Waals surface area contributed by atoms with Gasteiger partial charge in [-0.1, -0.05) is 13.8 Å². The van der Waals surface area contributed by atoms with Crippen molar-refractivity contribution in [3.05, 3.63) is 18.0 Å². The topological polar surface area (TPSA) is 67.2 Å². The Morgan fingerprint density at radius 2 is 2.21 bits per heavy atom. The molecule has 0 radical (unpaired) electrons. The summed E-state index contributed by atoms with van der Waals surface area (Å²) in [5.74, 6) is 0.0427. The van der Waals surface area contributed by atoms with Gasteiger partial charge in [0.2, 0.25) is 11.8 Å².